The largest absolute Gasteiger partial charge is 0.465 e. The second-order valence-corrected chi connectivity index (χ2v) is 3.23. The maximum Gasteiger partial charge on any atom is 0.405 e. The normalized spacial score (nSPS) is 24.0. The van der Waals surface area contributed by atoms with E-state index in [4.69, 9.17) is 17.3 Å². The van der Waals surface area contributed by atoms with E-state index in [1.807, 2.05) is 0 Å². The number of amides is 1. The van der Waals surface area contributed by atoms with Gasteiger partial charge < -0.3 is 15.7 Å². The van der Waals surface area contributed by atoms with Crippen LogP contribution in [-0.4, -0.2) is 28.8 Å². The van der Waals surface area contributed by atoms with E-state index in [1.54, 1.807) is 0 Å². The van der Waals surface area contributed by atoms with Crippen molar-refractivity contribution in [1.82, 2.24) is 10.6 Å². The lowest BCUT2D eigenvalue weighted by atomic mass is 10.1. The lowest BCUT2D eigenvalue weighted by Crippen LogP contribution is -2.43. The minimum absolute atomic E-state index is 0.194. The number of hydrogen-bond donors (Lipinski definition) is 3. The monoisotopic (exact) mass is 188 g/mol. The molecule has 0 radical (unpaired) electrons. The van der Waals surface area contributed by atoms with Crippen molar-refractivity contribution in [3.05, 3.63) is 0 Å². The van der Waals surface area contributed by atoms with E-state index in [1.165, 1.54) is 0 Å². The van der Waals surface area contributed by atoms with Crippen molar-refractivity contribution < 1.29 is 9.90 Å². The molecule has 5 heteroatoms. The first kappa shape index (κ1) is 9.25. The lowest BCUT2D eigenvalue weighted by molar-refractivity contribution is 0.192. The summed E-state index contributed by atoms with van der Waals surface area (Å²) in [5.41, 5.74) is 0. The maximum absolute atomic E-state index is 10.3. The number of carboxylic acid groups (broad SMARTS) is 1. The number of carbonyl (C=O) groups is 1. The van der Waals surface area contributed by atoms with Crippen molar-refractivity contribution in [3.8, 4) is 0 Å². The van der Waals surface area contributed by atoms with Crippen LogP contribution in [0.4, 0.5) is 4.79 Å². The summed E-state index contributed by atoms with van der Waals surface area (Å²) in [7, 11) is 0. The minimum atomic E-state index is -1.01. The highest BCUT2D eigenvalue weighted by molar-refractivity contribution is 7.80. The zero-order chi connectivity index (χ0) is 8.97. The van der Waals surface area contributed by atoms with E-state index in [0.29, 0.717) is 4.99 Å². The Morgan fingerprint density at radius 1 is 1.67 bits per heavy atom. The molecule has 1 saturated heterocycles. The molecule has 0 bridgehead atoms. The van der Waals surface area contributed by atoms with Crippen LogP contribution in [0.2, 0.25) is 0 Å². The van der Waals surface area contributed by atoms with Gasteiger partial charge in [0.1, 0.15) is 0 Å². The minimum Gasteiger partial charge on any atom is -0.465 e. The quantitative estimate of drug-likeness (QED) is 0.531. The third-order valence-corrected chi connectivity index (χ3v) is 2.26. The summed E-state index contributed by atoms with van der Waals surface area (Å²) in [5.74, 6) is 0. The number of thiocarbonyl (C=S) groups is 1. The average molecular weight is 188 g/mol. The van der Waals surface area contributed by atoms with Crippen molar-refractivity contribution in [2.45, 2.75) is 25.3 Å². The van der Waals surface area contributed by atoms with Crippen molar-refractivity contribution >= 4 is 23.3 Å². The Morgan fingerprint density at radius 3 is 3.08 bits per heavy atom. The standard InChI is InChI=1S/C7H12N2O2S/c10-7(11)9-5-3-1-2-4-8-6(5)12/h5,9H,1-4H2,(H,8,12)(H,10,11)/t5-/m0/s1. The predicted octanol–water partition coefficient (Wildman–Crippen LogP) is 0.723. The van der Waals surface area contributed by atoms with Crippen molar-refractivity contribution in [3.63, 3.8) is 0 Å². The Hall–Kier alpha value is -0.840. The van der Waals surface area contributed by atoms with Crippen LogP contribution in [0.25, 0.3) is 0 Å². The fourth-order valence-electron chi connectivity index (χ4n) is 1.23. The Morgan fingerprint density at radius 2 is 2.42 bits per heavy atom. The van der Waals surface area contributed by atoms with Gasteiger partial charge in [-0.05, 0) is 19.3 Å². The predicted molar refractivity (Wildman–Crippen MR) is 49.4 cm³/mol. The number of nitrogens with one attached hydrogen (secondary N) is 2. The van der Waals surface area contributed by atoms with Gasteiger partial charge in [-0.25, -0.2) is 4.79 Å². The summed E-state index contributed by atoms with van der Waals surface area (Å²) in [6.07, 6.45) is 1.86. The zero-order valence-corrected chi connectivity index (χ0v) is 7.49. The molecule has 3 N–H and O–H groups in total. The highest BCUT2D eigenvalue weighted by atomic mass is 32.1. The van der Waals surface area contributed by atoms with E-state index >= 15 is 0 Å². The van der Waals surface area contributed by atoms with Gasteiger partial charge in [-0.3, -0.25) is 0 Å². The molecule has 0 unspecified atom stereocenters. The SMILES string of the molecule is O=C(O)N[C@H]1CCCCNC1=S. The van der Waals surface area contributed by atoms with Crippen LogP contribution in [0.1, 0.15) is 19.3 Å². The molecule has 1 amide bonds. The van der Waals surface area contributed by atoms with Crippen molar-refractivity contribution in [2.75, 3.05) is 6.54 Å². The van der Waals surface area contributed by atoms with E-state index in [2.05, 4.69) is 10.6 Å². The van der Waals surface area contributed by atoms with Gasteiger partial charge in [0.15, 0.2) is 0 Å². The summed E-state index contributed by atoms with van der Waals surface area (Å²) in [5, 5.41) is 13.9. The number of hydrogen-bond acceptors (Lipinski definition) is 2. The molecule has 0 aromatic carbocycles. The van der Waals surface area contributed by atoms with Crippen LogP contribution in [-0.2, 0) is 0 Å². The van der Waals surface area contributed by atoms with Gasteiger partial charge in [-0.1, -0.05) is 12.2 Å². The molecule has 68 valence electrons. The second-order valence-electron chi connectivity index (χ2n) is 2.79. The zero-order valence-electron chi connectivity index (χ0n) is 6.67. The molecular weight excluding hydrogens is 176 g/mol. The summed E-state index contributed by atoms with van der Waals surface area (Å²) in [6.45, 7) is 0.858. The van der Waals surface area contributed by atoms with Crippen LogP contribution in [0.15, 0.2) is 0 Å². The molecule has 0 spiro atoms. The third kappa shape index (κ3) is 2.65. The van der Waals surface area contributed by atoms with Crippen molar-refractivity contribution in [2.24, 2.45) is 0 Å². The topological polar surface area (TPSA) is 61.4 Å². The average Bonchev–Trinajstić information content (AvgIpc) is 2.16. The van der Waals surface area contributed by atoms with Gasteiger partial charge in [0.2, 0.25) is 0 Å². The molecule has 1 heterocycles. The summed E-state index contributed by atoms with van der Waals surface area (Å²) >= 11 is 5.00. The van der Waals surface area contributed by atoms with Gasteiger partial charge in [0.25, 0.3) is 0 Å². The van der Waals surface area contributed by atoms with E-state index < -0.39 is 6.09 Å². The Bertz CT molecular complexity index is 196. The maximum atomic E-state index is 10.3. The van der Waals surface area contributed by atoms with Gasteiger partial charge in [-0.15, -0.1) is 0 Å². The van der Waals surface area contributed by atoms with Gasteiger partial charge in [0.05, 0.1) is 11.0 Å². The smallest absolute Gasteiger partial charge is 0.405 e. The first-order valence-electron chi connectivity index (χ1n) is 3.97. The summed E-state index contributed by atoms with van der Waals surface area (Å²) in [4.78, 5) is 10.9. The molecular formula is C7H12N2O2S. The summed E-state index contributed by atoms with van der Waals surface area (Å²) < 4.78 is 0. The number of rotatable bonds is 1. The molecule has 4 nitrogen and oxygen atoms in total. The van der Waals surface area contributed by atoms with Crippen LogP contribution in [0.3, 0.4) is 0 Å². The van der Waals surface area contributed by atoms with Gasteiger partial charge in [-0.2, -0.15) is 0 Å². The molecule has 0 aromatic rings. The molecule has 0 saturated carbocycles. The molecule has 1 rings (SSSR count). The van der Waals surface area contributed by atoms with Crippen molar-refractivity contribution in [1.29, 1.82) is 0 Å². The molecule has 1 aliphatic heterocycles. The Balaban J connectivity index is 2.47. The van der Waals surface area contributed by atoms with Gasteiger partial charge in [0, 0.05) is 6.54 Å². The first-order valence-corrected chi connectivity index (χ1v) is 4.38. The molecule has 0 aromatic heterocycles. The lowest BCUT2D eigenvalue weighted by Gasteiger charge is -2.14. The third-order valence-electron chi connectivity index (χ3n) is 1.83. The van der Waals surface area contributed by atoms with Gasteiger partial charge >= 0.3 is 6.09 Å². The molecule has 0 aliphatic carbocycles. The van der Waals surface area contributed by atoms with Crippen LogP contribution < -0.4 is 10.6 Å². The Labute approximate surface area is 76.3 Å². The van der Waals surface area contributed by atoms with E-state index in [0.717, 1.165) is 25.8 Å². The van der Waals surface area contributed by atoms with Crippen LogP contribution >= 0.6 is 12.2 Å². The second kappa shape index (κ2) is 4.25. The molecule has 1 atom stereocenters. The van der Waals surface area contributed by atoms with E-state index in [-0.39, 0.29) is 6.04 Å². The summed E-state index contributed by atoms with van der Waals surface area (Å²) in [6, 6.07) is -0.194. The Kier molecular flexibility index (Phi) is 3.28. The van der Waals surface area contributed by atoms with Crippen LogP contribution in [0, 0.1) is 0 Å². The molecule has 1 fully saturated rings. The van der Waals surface area contributed by atoms with E-state index in [9.17, 15) is 4.79 Å². The fourth-order valence-corrected chi connectivity index (χ4v) is 1.50. The fraction of sp³-hybridized carbons (Fsp3) is 0.714. The first-order chi connectivity index (χ1) is 5.70. The van der Waals surface area contributed by atoms with Crippen LogP contribution in [0.5, 0.6) is 0 Å². The highest BCUT2D eigenvalue weighted by Gasteiger charge is 2.18. The highest BCUT2D eigenvalue weighted by Crippen LogP contribution is 2.05. The molecule has 12 heavy (non-hydrogen) atoms. The molecule has 1 aliphatic rings.